The van der Waals surface area contributed by atoms with Crippen LogP contribution in [0.3, 0.4) is 0 Å². The molecule has 1 aliphatic rings. The highest BCUT2D eigenvalue weighted by atomic mass is 35.5. The zero-order valence-corrected chi connectivity index (χ0v) is 18.1. The second-order valence-electron chi connectivity index (χ2n) is 6.94. The van der Waals surface area contributed by atoms with Crippen LogP contribution in [0.15, 0.2) is 60.7 Å². The number of hydrogen-bond donors (Lipinski definition) is 1. The van der Waals surface area contributed by atoms with E-state index in [0.717, 1.165) is 0 Å². The van der Waals surface area contributed by atoms with Gasteiger partial charge in [0, 0.05) is 21.3 Å². The fraction of sp³-hybridized carbons (Fsp3) is 0.130. The second kappa shape index (κ2) is 9.46. The van der Waals surface area contributed by atoms with Gasteiger partial charge in [-0.3, -0.25) is 9.59 Å². The molecule has 0 aliphatic carbocycles. The lowest BCUT2D eigenvalue weighted by molar-refractivity contribution is -0.121. The molecule has 1 heterocycles. The van der Waals surface area contributed by atoms with Crippen molar-refractivity contribution in [1.82, 2.24) is 0 Å². The lowest BCUT2D eigenvalue weighted by Gasteiger charge is -2.30. The number of benzene rings is 3. The van der Waals surface area contributed by atoms with Crippen LogP contribution < -0.4 is 19.7 Å². The van der Waals surface area contributed by atoms with Gasteiger partial charge in [0.1, 0.15) is 17.3 Å². The van der Waals surface area contributed by atoms with E-state index >= 15 is 0 Å². The van der Waals surface area contributed by atoms with Crippen LogP contribution >= 0.6 is 23.2 Å². The summed E-state index contributed by atoms with van der Waals surface area (Å²) in [7, 11) is 0. The van der Waals surface area contributed by atoms with E-state index < -0.39 is 11.7 Å². The Balaban J connectivity index is 1.50. The maximum Gasteiger partial charge on any atom is 0.265 e. The molecule has 6 nitrogen and oxygen atoms in total. The number of rotatable bonds is 6. The summed E-state index contributed by atoms with van der Waals surface area (Å²) in [4.78, 5) is 26.2. The number of nitrogens with zero attached hydrogens (tertiary/aromatic N) is 1. The van der Waals surface area contributed by atoms with E-state index in [9.17, 15) is 14.0 Å². The van der Waals surface area contributed by atoms with Gasteiger partial charge in [-0.15, -0.1) is 0 Å². The average Bonchev–Trinajstić information content (AvgIpc) is 2.77. The Morgan fingerprint density at radius 2 is 1.91 bits per heavy atom. The van der Waals surface area contributed by atoms with Crippen molar-refractivity contribution in [3.05, 3.63) is 82.1 Å². The molecular formula is C23H17Cl2FN2O4. The Labute approximate surface area is 193 Å². The minimum atomic E-state index is -0.512. The van der Waals surface area contributed by atoms with Crippen molar-refractivity contribution in [2.24, 2.45) is 0 Å². The monoisotopic (exact) mass is 474 g/mol. The van der Waals surface area contributed by atoms with E-state index in [1.54, 1.807) is 48.5 Å². The maximum atomic E-state index is 14.3. The van der Waals surface area contributed by atoms with Gasteiger partial charge >= 0.3 is 0 Å². The summed E-state index contributed by atoms with van der Waals surface area (Å²) in [5.41, 5.74) is 1.02. The molecule has 0 bridgehead atoms. The second-order valence-corrected chi connectivity index (χ2v) is 7.79. The quantitative estimate of drug-likeness (QED) is 0.541. The summed E-state index contributed by atoms with van der Waals surface area (Å²) < 4.78 is 25.2. The molecule has 4 rings (SSSR count). The lowest BCUT2D eigenvalue weighted by atomic mass is 10.1. The molecule has 0 radical (unpaired) electrons. The Morgan fingerprint density at radius 3 is 2.66 bits per heavy atom. The van der Waals surface area contributed by atoms with Crippen LogP contribution in [0.1, 0.15) is 5.56 Å². The van der Waals surface area contributed by atoms with Gasteiger partial charge in [-0.1, -0.05) is 29.3 Å². The van der Waals surface area contributed by atoms with E-state index in [0.29, 0.717) is 27.9 Å². The van der Waals surface area contributed by atoms with Crippen molar-refractivity contribution < 1.29 is 23.5 Å². The standard InChI is InChI=1S/C23H17Cl2FN2O4/c24-14-4-7-16(8-5-14)31-12-22(29)27-15-6-9-21-20(10-15)28(23(30)13-32-21)11-17-18(25)2-1-3-19(17)26/h1-10H,11-13H2,(H,27,29). The smallest absolute Gasteiger partial charge is 0.265 e. The number of anilines is 2. The fourth-order valence-electron chi connectivity index (χ4n) is 3.17. The maximum absolute atomic E-state index is 14.3. The number of amides is 2. The van der Waals surface area contributed by atoms with Crippen molar-refractivity contribution >= 4 is 46.4 Å². The van der Waals surface area contributed by atoms with E-state index in [2.05, 4.69) is 5.32 Å². The first-order chi connectivity index (χ1) is 15.4. The largest absolute Gasteiger partial charge is 0.484 e. The zero-order chi connectivity index (χ0) is 22.7. The number of carbonyl (C=O) groups excluding carboxylic acids is 2. The molecular weight excluding hydrogens is 458 g/mol. The first-order valence-electron chi connectivity index (χ1n) is 9.59. The van der Waals surface area contributed by atoms with Gasteiger partial charge in [0.15, 0.2) is 13.2 Å². The van der Waals surface area contributed by atoms with E-state index in [1.807, 2.05) is 0 Å². The summed E-state index contributed by atoms with van der Waals surface area (Å²) >= 11 is 12.0. The minimum absolute atomic E-state index is 0.0716. The van der Waals surface area contributed by atoms with E-state index in [4.69, 9.17) is 32.7 Å². The number of carbonyl (C=O) groups is 2. The first kappa shape index (κ1) is 21.9. The van der Waals surface area contributed by atoms with Crippen LogP contribution in [0.5, 0.6) is 11.5 Å². The van der Waals surface area contributed by atoms with E-state index in [1.165, 1.54) is 17.0 Å². The molecule has 9 heteroatoms. The Morgan fingerprint density at radius 1 is 1.12 bits per heavy atom. The van der Waals surface area contributed by atoms with Crippen molar-refractivity contribution in [3.8, 4) is 11.5 Å². The molecule has 1 N–H and O–H groups in total. The molecule has 0 atom stereocenters. The van der Waals surface area contributed by atoms with Crippen LogP contribution in [-0.4, -0.2) is 25.0 Å². The highest BCUT2D eigenvalue weighted by molar-refractivity contribution is 6.31. The molecule has 0 saturated heterocycles. The van der Waals surface area contributed by atoms with Crippen LogP contribution in [0.2, 0.25) is 10.0 Å². The Kier molecular flexibility index (Phi) is 6.48. The van der Waals surface area contributed by atoms with Crippen LogP contribution in [0.25, 0.3) is 0 Å². The van der Waals surface area contributed by atoms with Gasteiger partial charge in [-0.25, -0.2) is 4.39 Å². The number of halogens is 3. The van der Waals surface area contributed by atoms with Crippen LogP contribution in [0.4, 0.5) is 15.8 Å². The minimum Gasteiger partial charge on any atom is -0.484 e. The number of nitrogens with one attached hydrogen (secondary N) is 1. The van der Waals surface area contributed by atoms with Gasteiger partial charge < -0.3 is 19.7 Å². The molecule has 32 heavy (non-hydrogen) atoms. The van der Waals surface area contributed by atoms with Gasteiger partial charge in [-0.2, -0.15) is 0 Å². The summed E-state index contributed by atoms with van der Waals surface area (Å²) in [6.45, 7) is -0.472. The molecule has 0 saturated carbocycles. The molecule has 2 amide bonds. The summed E-state index contributed by atoms with van der Waals surface area (Å²) in [5, 5.41) is 3.49. The third-order valence-corrected chi connectivity index (χ3v) is 5.35. The van der Waals surface area contributed by atoms with Crippen molar-refractivity contribution in [2.75, 3.05) is 23.4 Å². The van der Waals surface area contributed by atoms with Crippen molar-refractivity contribution in [1.29, 1.82) is 0 Å². The van der Waals surface area contributed by atoms with E-state index in [-0.39, 0.29) is 36.3 Å². The SMILES string of the molecule is O=C(COc1ccc(Cl)cc1)Nc1ccc2c(c1)N(Cc1c(F)cccc1Cl)C(=O)CO2. The first-order valence-corrected chi connectivity index (χ1v) is 10.3. The van der Waals surface area contributed by atoms with Crippen LogP contribution in [-0.2, 0) is 16.1 Å². The van der Waals surface area contributed by atoms with Crippen molar-refractivity contribution in [2.45, 2.75) is 6.54 Å². The van der Waals surface area contributed by atoms with Crippen molar-refractivity contribution in [3.63, 3.8) is 0 Å². The molecule has 164 valence electrons. The van der Waals surface area contributed by atoms with Gasteiger partial charge in [0.2, 0.25) is 0 Å². The molecule has 0 spiro atoms. The third-order valence-electron chi connectivity index (χ3n) is 4.75. The summed E-state index contributed by atoms with van der Waals surface area (Å²) in [6, 6.07) is 15.8. The van der Waals surface area contributed by atoms with Crippen LogP contribution in [0, 0.1) is 5.82 Å². The predicted molar refractivity (Wildman–Crippen MR) is 120 cm³/mol. The number of fused-ring (bicyclic) bond motifs is 1. The molecule has 0 aromatic heterocycles. The molecule has 0 unspecified atom stereocenters. The molecule has 1 aliphatic heterocycles. The Hall–Kier alpha value is -3.29. The number of hydrogen-bond acceptors (Lipinski definition) is 4. The third kappa shape index (κ3) is 4.95. The highest BCUT2D eigenvalue weighted by Crippen LogP contribution is 2.36. The molecule has 3 aromatic carbocycles. The number of ether oxygens (including phenoxy) is 2. The summed E-state index contributed by atoms with van der Waals surface area (Å²) in [6.07, 6.45) is 0. The van der Waals surface area contributed by atoms with Gasteiger partial charge in [0.05, 0.1) is 12.2 Å². The normalized spacial score (nSPS) is 12.7. The highest BCUT2D eigenvalue weighted by Gasteiger charge is 2.27. The molecule has 0 fully saturated rings. The zero-order valence-electron chi connectivity index (χ0n) is 16.6. The van der Waals surface area contributed by atoms with Gasteiger partial charge in [-0.05, 0) is 54.6 Å². The average molecular weight is 475 g/mol. The Bertz CT molecular complexity index is 1150. The lowest BCUT2D eigenvalue weighted by Crippen LogP contribution is -2.38. The van der Waals surface area contributed by atoms with Gasteiger partial charge in [0.25, 0.3) is 11.8 Å². The molecule has 3 aromatic rings. The predicted octanol–water partition coefficient (Wildman–Crippen LogP) is 5.08. The topological polar surface area (TPSA) is 67.9 Å². The summed E-state index contributed by atoms with van der Waals surface area (Å²) in [5.74, 6) is -0.324. The fourth-order valence-corrected chi connectivity index (χ4v) is 3.52.